The van der Waals surface area contributed by atoms with Crippen LogP contribution in [0.5, 0.6) is 17.2 Å². The van der Waals surface area contributed by atoms with Crippen LogP contribution in [0.1, 0.15) is 26.3 Å². The van der Waals surface area contributed by atoms with E-state index in [1.807, 2.05) is 6.07 Å². The fourth-order valence-electron chi connectivity index (χ4n) is 2.86. The molecule has 0 amide bonds. The van der Waals surface area contributed by atoms with Crippen molar-refractivity contribution in [3.8, 4) is 17.2 Å². The van der Waals surface area contributed by atoms with E-state index in [-0.39, 0.29) is 11.5 Å². The molecular weight excluding hydrogens is 356 g/mol. The van der Waals surface area contributed by atoms with Crippen LogP contribution in [0.3, 0.4) is 0 Å². The van der Waals surface area contributed by atoms with E-state index in [0.717, 1.165) is 0 Å². The lowest BCUT2D eigenvalue weighted by Gasteiger charge is -2.08. The topological polar surface area (TPSA) is 61.8 Å². The smallest absolute Gasteiger partial charge is 0.343 e. The summed E-state index contributed by atoms with van der Waals surface area (Å²) in [5, 5.41) is 0. The molecule has 0 atom stereocenters. The minimum absolute atomic E-state index is 0.159. The standard InChI is InChI=1S/C23H16O5/c1-26-17-11-12-18-20(14-17)27-21(22(18)24)13-16-9-5-6-10-19(16)28-23(25)15-7-3-2-4-8-15/h2-14H,1H3/b21-13-. The van der Waals surface area contributed by atoms with Gasteiger partial charge in [0, 0.05) is 11.6 Å². The van der Waals surface area contributed by atoms with E-state index >= 15 is 0 Å². The van der Waals surface area contributed by atoms with Gasteiger partial charge in [-0.25, -0.2) is 4.79 Å². The summed E-state index contributed by atoms with van der Waals surface area (Å²) in [6.07, 6.45) is 1.57. The predicted molar refractivity (Wildman–Crippen MR) is 104 cm³/mol. The maximum absolute atomic E-state index is 12.6. The first-order valence-electron chi connectivity index (χ1n) is 8.64. The van der Waals surface area contributed by atoms with Gasteiger partial charge in [0.25, 0.3) is 0 Å². The average molecular weight is 372 g/mol. The van der Waals surface area contributed by atoms with E-state index in [4.69, 9.17) is 14.2 Å². The highest BCUT2D eigenvalue weighted by molar-refractivity contribution is 6.14. The van der Waals surface area contributed by atoms with Gasteiger partial charge in [-0.2, -0.15) is 0 Å². The minimum Gasteiger partial charge on any atom is -0.497 e. The molecule has 28 heavy (non-hydrogen) atoms. The number of Topliss-reactive ketones (excluding diaryl/α,β-unsaturated/α-hetero) is 1. The van der Waals surface area contributed by atoms with Crippen LogP contribution >= 0.6 is 0 Å². The first-order chi connectivity index (χ1) is 13.7. The number of ketones is 1. The summed E-state index contributed by atoms with van der Waals surface area (Å²) in [5.74, 6) is 0.833. The van der Waals surface area contributed by atoms with Crippen LogP contribution in [-0.4, -0.2) is 18.9 Å². The monoisotopic (exact) mass is 372 g/mol. The van der Waals surface area contributed by atoms with E-state index in [1.54, 1.807) is 79.9 Å². The van der Waals surface area contributed by atoms with Gasteiger partial charge in [-0.1, -0.05) is 36.4 Å². The molecule has 0 aromatic heterocycles. The van der Waals surface area contributed by atoms with Crippen molar-refractivity contribution in [3.05, 3.63) is 95.2 Å². The number of hydrogen-bond acceptors (Lipinski definition) is 5. The first-order valence-corrected chi connectivity index (χ1v) is 8.64. The number of esters is 1. The molecule has 0 aliphatic carbocycles. The Morgan fingerprint density at radius 3 is 2.50 bits per heavy atom. The maximum atomic E-state index is 12.6. The number of carbonyl (C=O) groups is 2. The molecule has 0 unspecified atom stereocenters. The van der Waals surface area contributed by atoms with Gasteiger partial charge in [0.05, 0.1) is 18.2 Å². The van der Waals surface area contributed by atoms with E-state index in [1.165, 1.54) is 0 Å². The van der Waals surface area contributed by atoms with Gasteiger partial charge < -0.3 is 14.2 Å². The van der Waals surface area contributed by atoms with Crippen LogP contribution < -0.4 is 14.2 Å². The van der Waals surface area contributed by atoms with Gasteiger partial charge in [-0.15, -0.1) is 0 Å². The lowest BCUT2D eigenvalue weighted by atomic mass is 10.1. The predicted octanol–water partition coefficient (Wildman–Crippen LogP) is 4.53. The Hall–Kier alpha value is -3.86. The molecule has 138 valence electrons. The molecule has 3 aromatic carbocycles. The Morgan fingerprint density at radius 1 is 0.964 bits per heavy atom. The summed E-state index contributed by atoms with van der Waals surface area (Å²) in [6.45, 7) is 0. The molecule has 5 nitrogen and oxygen atoms in total. The highest BCUT2D eigenvalue weighted by Crippen LogP contribution is 2.35. The number of allylic oxidation sites excluding steroid dienone is 1. The van der Waals surface area contributed by atoms with Crippen molar-refractivity contribution >= 4 is 17.8 Å². The summed E-state index contributed by atoms with van der Waals surface area (Å²) in [5.41, 5.74) is 1.47. The second kappa shape index (κ2) is 7.40. The van der Waals surface area contributed by atoms with Gasteiger partial charge in [0.1, 0.15) is 17.2 Å². The number of ether oxygens (including phenoxy) is 3. The molecule has 0 N–H and O–H groups in total. The Bertz CT molecular complexity index is 1080. The molecule has 3 aromatic rings. The van der Waals surface area contributed by atoms with Crippen molar-refractivity contribution in [2.45, 2.75) is 0 Å². The molecule has 1 heterocycles. The second-order valence-electron chi connectivity index (χ2n) is 6.10. The second-order valence-corrected chi connectivity index (χ2v) is 6.10. The van der Waals surface area contributed by atoms with Crippen molar-refractivity contribution in [1.29, 1.82) is 0 Å². The number of rotatable bonds is 4. The van der Waals surface area contributed by atoms with Gasteiger partial charge in [-0.05, 0) is 36.4 Å². The largest absolute Gasteiger partial charge is 0.497 e. The third kappa shape index (κ3) is 3.38. The van der Waals surface area contributed by atoms with Crippen molar-refractivity contribution in [2.75, 3.05) is 7.11 Å². The summed E-state index contributed by atoms with van der Waals surface area (Å²) in [7, 11) is 1.55. The third-order valence-corrected chi connectivity index (χ3v) is 4.29. The van der Waals surface area contributed by atoms with E-state index < -0.39 is 5.97 Å². The molecule has 0 spiro atoms. The van der Waals surface area contributed by atoms with Crippen molar-refractivity contribution in [3.63, 3.8) is 0 Å². The maximum Gasteiger partial charge on any atom is 0.343 e. The van der Waals surface area contributed by atoms with E-state index in [0.29, 0.717) is 33.9 Å². The molecule has 0 radical (unpaired) electrons. The summed E-state index contributed by atoms with van der Waals surface area (Å²) < 4.78 is 16.4. The fourth-order valence-corrected chi connectivity index (χ4v) is 2.86. The Kier molecular flexibility index (Phi) is 4.64. The minimum atomic E-state index is -0.474. The van der Waals surface area contributed by atoms with Gasteiger partial charge in [0.2, 0.25) is 5.78 Å². The zero-order valence-corrected chi connectivity index (χ0v) is 15.0. The Balaban J connectivity index is 1.62. The summed E-state index contributed by atoms with van der Waals surface area (Å²) in [6, 6.07) is 20.7. The van der Waals surface area contributed by atoms with Crippen LogP contribution in [0.2, 0.25) is 0 Å². The number of fused-ring (bicyclic) bond motifs is 1. The first kappa shape index (κ1) is 17.5. The van der Waals surface area contributed by atoms with Gasteiger partial charge in [-0.3, -0.25) is 4.79 Å². The zero-order chi connectivity index (χ0) is 19.5. The molecule has 5 heteroatoms. The lowest BCUT2D eigenvalue weighted by Crippen LogP contribution is -2.09. The third-order valence-electron chi connectivity index (χ3n) is 4.29. The molecule has 0 bridgehead atoms. The highest BCUT2D eigenvalue weighted by atomic mass is 16.5. The molecule has 4 rings (SSSR count). The summed E-state index contributed by atoms with van der Waals surface area (Å²) >= 11 is 0. The molecular formula is C23H16O5. The Labute approximate surface area is 161 Å². The van der Waals surface area contributed by atoms with Crippen LogP contribution in [0.15, 0.2) is 78.6 Å². The van der Waals surface area contributed by atoms with E-state index in [9.17, 15) is 9.59 Å². The molecule has 1 aliphatic rings. The highest BCUT2D eigenvalue weighted by Gasteiger charge is 2.28. The number of methoxy groups -OCH3 is 1. The molecule has 0 saturated carbocycles. The zero-order valence-electron chi connectivity index (χ0n) is 15.0. The van der Waals surface area contributed by atoms with Crippen molar-refractivity contribution < 1.29 is 23.8 Å². The summed E-state index contributed by atoms with van der Waals surface area (Å²) in [4.78, 5) is 25.0. The normalized spacial score (nSPS) is 13.8. The van der Waals surface area contributed by atoms with Crippen molar-refractivity contribution in [1.82, 2.24) is 0 Å². The number of hydrogen-bond donors (Lipinski definition) is 0. The molecule has 0 fully saturated rings. The van der Waals surface area contributed by atoms with Crippen LogP contribution in [0, 0.1) is 0 Å². The van der Waals surface area contributed by atoms with E-state index in [2.05, 4.69) is 0 Å². The molecule has 0 saturated heterocycles. The lowest BCUT2D eigenvalue weighted by molar-refractivity contribution is 0.0734. The SMILES string of the molecule is COc1ccc2c(c1)O/C(=C\c1ccccc1OC(=O)c1ccccc1)C2=O. The fraction of sp³-hybridized carbons (Fsp3) is 0.0435. The van der Waals surface area contributed by atoms with Gasteiger partial charge in [0.15, 0.2) is 5.76 Å². The number of carbonyl (C=O) groups excluding carboxylic acids is 2. The number of para-hydroxylation sites is 1. The molecule has 1 aliphatic heterocycles. The van der Waals surface area contributed by atoms with Gasteiger partial charge >= 0.3 is 5.97 Å². The van der Waals surface area contributed by atoms with Crippen LogP contribution in [0.4, 0.5) is 0 Å². The van der Waals surface area contributed by atoms with Crippen LogP contribution in [0.25, 0.3) is 6.08 Å². The number of benzene rings is 3. The quantitative estimate of drug-likeness (QED) is 0.382. The van der Waals surface area contributed by atoms with Crippen molar-refractivity contribution in [2.24, 2.45) is 0 Å². The Morgan fingerprint density at radius 2 is 1.71 bits per heavy atom. The average Bonchev–Trinajstić information content (AvgIpc) is 3.04. The van der Waals surface area contributed by atoms with Crippen LogP contribution in [-0.2, 0) is 0 Å².